The standard InChI is InChI=1S/C12H22N4O/c1-10(9-13)3-4-12(17)14-7-5-11-6-8-15-16(11)2/h6,8,10H,3-5,7,9,13H2,1-2H3,(H,14,17). The molecule has 0 aromatic carbocycles. The van der Waals surface area contributed by atoms with E-state index in [9.17, 15) is 4.79 Å². The fourth-order valence-electron chi connectivity index (χ4n) is 1.56. The van der Waals surface area contributed by atoms with Gasteiger partial charge in [0.15, 0.2) is 0 Å². The van der Waals surface area contributed by atoms with Crippen molar-refractivity contribution in [2.75, 3.05) is 13.1 Å². The summed E-state index contributed by atoms with van der Waals surface area (Å²) in [6, 6.07) is 1.96. The molecule has 0 aliphatic heterocycles. The number of nitrogens with zero attached hydrogens (tertiary/aromatic N) is 2. The average Bonchev–Trinajstić information content (AvgIpc) is 2.72. The molecule has 0 saturated carbocycles. The van der Waals surface area contributed by atoms with Gasteiger partial charge in [0, 0.05) is 38.3 Å². The average molecular weight is 238 g/mol. The van der Waals surface area contributed by atoms with Crippen LogP contribution in [0.3, 0.4) is 0 Å². The third-order valence-electron chi connectivity index (χ3n) is 2.89. The van der Waals surface area contributed by atoms with Gasteiger partial charge in [0.1, 0.15) is 0 Å². The van der Waals surface area contributed by atoms with E-state index in [-0.39, 0.29) is 5.91 Å². The maximum atomic E-state index is 11.5. The number of carbonyl (C=O) groups is 1. The molecule has 5 nitrogen and oxygen atoms in total. The smallest absolute Gasteiger partial charge is 0.220 e. The van der Waals surface area contributed by atoms with Crippen molar-refractivity contribution in [1.29, 1.82) is 0 Å². The number of amides is 1. The first kappa shape index (κ1) is 13.7. The molecule has 0 saturated heterocycles. The number of hydrogen-bond acceptors (Lipinski definition) is 3. The predicted octanol–water partition coefficient (Wildman–Crippen LogP) is 0.454. The zero-order valence-electron chi connectivity index (χ0n) is 10.6. The Hall–Kier alpha value is -1.36. The zero-order valence-corrected chi connectivity index (χ0v) is 10.6. The van der Waals surface area contributed by atoms with E-state index < -0.39 is 0 Å². The van der Waals surface area contributed by atoms with Crippen LogP contribution < -0.4 is 11.1 Å². The lowest BCUT2D eigenvalue weighted by Crippen LogP contribution is -2.26. The molecular formula is C12H22N4O. The molecule has 17 heavy (non-hydrogen) atoms. The maximum absolute atomic E-state index is 11.5. The minimum atomic E-state index is 0.104. The lowest BCUT2D eigenvalue weighted by Gasteiger charge is -2.08. The highest BCUT2D eigenvalue weighted by Gasteiger charge is 2.05. The van der Waals surface area contributed by atoms with Crippen LogP contribution in [0.2, 0.25) is 0 Å². The molecule has 1 amide bonds. The van der Waals surface area contributed by atoms with Gasteiger partial charge in [0.25, 0.3) is 0 Å². The van der Waals surface area contributed by atoms with Gasteiger partial charge in [-0.3, -0.25) is 9.48 Å². The van der Waals surface area contributed by atoms with Crippen LogP contribution in [0.1, 0.15) is 25.5 Å². The maximum Gasteiger partial charge on any atom is 0.220 e. The van der Waals surface area contributed by atoms with E-state index in [0.717, 1.165) is 18.5 Å². The van der Waals surface area contributed by atoms with Gasteiger partial charge in [-0.15, -0.1) is 0 Å². The number of hydrogen-bond donors (Lipinski definition) is 2. The Morgan fingerprint density at radius 1 is 1.65 bits per heavy atom. The van der Waals surface area contributed by atoms with Gasteiger partial charge >= 0.3 is 0 Å². The molecule has 96 valence electrons. The quantitative estimate of drug-likeness (QED) is 0.724. The first-order valence-corrected chi connectivity index (χ1v) is 6.07. The second-order valence-electron chi connectivity index (χ2n) is 4.43. The zero-order chi connectivity index (χ0) is 12.7. The molecule has 0 aliphatic carbocycles. The second kappa shape index (κ2) is 7.06. The number of nitrogens with one attached hydrogen (secondary N) is 1. The molecule has 5 heteroatoms. The first-order valence-electron chi connectivity index (χ1n) is 6.07. The van der Waals surface area contributed by atoms with E-state index in [1.165, 1.54) is 0 Å². The number of carbonyl (C=O) groups excluding carboxylic acids is 1. The van der Waals surface area contributed by atoms with Crippen molar-refractivity contribution in [3.8, 4) is 0 Å². The molecule has 1 heterocycles. The minimum Gasteiger partial charge on any atom is -0.356 e. The lowest BCUT2D eigenvalue weighted by molar-refractivity contribution is -0.121. The normalized spacial score (nSPS) is 12.4. The van der Waals surface area contributed by atoms with Crippen LogP contribution >= 0.6 is 0 Å². The van der Waals surface area contributed by atoms with Crippen molar-refractivity contribution in [3.63, 3.8) is 0 Å². The van der Waals surface area contributed by atoms with Gasteiger partial charge < -0.3 is 11.1 Å². The molecule has 1 aromatic rings. The second-order valence-corrected chi connectivity index (χ2v) is 4.43. The Bertz CT molecular complexity index is 348. The van der Waals surface area contributed by atoms with Crippen molar-refractivity contribution in [2.24, 2.45) is 18.7 Å². The Morgan fingerprint density at radius 3 is 3.00 bits per heavy atom. The third-order valence-corrected chi connectivity index (χ3v) is 2.89. The van der Waals surface area contributed by atoms with E-state index in [0.29, 0.717) is 25.4 Å². The number of aryl methyl sites for hydroxylation is 1. The van der Waals surface area contributed by atoms with Crippen molar-refractivity contribution in [1.82, 2.24) is 15.1 Å². The summed E-state index contributed by atoms with van der Waals surface area (Å²) in [7, 11) is 1.90. The monoisotopic (exact) mass is 238 g/mol. The van der Waals surface area contributed by atoms with Crippen LogP contribution in [0.15, 0.2) is 12.3 Å². The molecule has 3 N–H and O–H groups in total. The molecule has 0 bridgehead atoms. The van der Waals surface area contributed by atoms with Crippen molar-refractivity contribution in [2.45, 2.75) is 26.2 Å². The van der Waals surface area contributed by atoms with Gasteiger partial charge in [-0.1, -0.05) is 6.92 Å². The van der Waals surface area contributed by atoms with E-state index in [1.807, 2.05) is 17.8 Å². The Kier molecular flexibility index (Phi) is 5.69. The van der Waals surface area contributed by atoms with Crippen LogP contribution in [0.4, 0.5) is 0 Å². The van der Waals surface area contributed by atoms with Gasteiger partial charge in [0.2, 0.25) is 5.91 Å². The molecule has 0 fully saturated rings. The van der Waals surface area contributed by atoms with Gasteiger partial charge in [-0.25, -0.2) is 0 Å². The van der Waals surface area contributed by atoms with E-state index in [4.69, 9.17) is 5.73 Å². The van der Waals surface area contributed by atoms with E-state index in [2.05, 4.69) is 17.3 Å². The number of rotatable bonds is 7. The van der Waals surface area contributed by atoms with E-state index in [1.54, 1.807) is 6.20 Å². The molecule has 1 rings (SSSR count). The SMILES string of the molecule is CC(CN)CCC(=O)NCCc1ccnn1C. The van der Waals surface area contributed by atoms with E-state index >= 15 is 0 Å². The summed E-state index contributed by atoms with van der Waals surface area (Å²) in [6.07, 6.45) is 3.99. The molecule has 0 spiro atoms. The summed E-state index contributed by atoms with van der Waals surface area (Å²) in [5.41, 5.74) is 6.62. The number of nitrogens with two attached hydrogens (primary N) is 1. The summed E-state index contributed by atoms with van der Waals surface area (Å²) in [5, 5.41) is 6.98. The van der Waals surface area contributed by atoms with Crippen molar-refractivity contribution < 1.29 is 4.79 Å². The van der Waals surface area contributed by atoms with Crippen LogP contribution in [0.25, 0.3) is 0 Å². The van der Waals surface area contributed by atoms with Gasteiger partial charge in [0.05, 0.1) is 0 Å². The molecule has 1 aromatic heterocycles. The van der Waals surface area contributed by atoms with Gasteiger partial charge in [-0.2, -0.15) is 5.10 Å². The third kappa shape index (κ3) is 4.99. The Labute approximate surface area is 102 Å². The fraction of sp³-hybridized carbons (Fsp3) is 0.667. The van der Waals surface area contributed by atoms with Crippen LogP contribution in [-0.2, 0) is 18.3 Å². The lowest BCUT2D eigenvalue weighted by atomic mass is 10.1. The van der Waals surface area contributed by atoms with Crippen molar-refractivity contribution >= 4 is 5.91 Å². The van der Waals surface area contributed by atoms with Crippen LogP contribution in [0, 0.1) is 5.92 Å². The summed E-state index contributed by atoms with van der Waals surface area (Å²) < 4.78 is 1.82. The minimum absolute atomic E-state index is 0.104. The summed E-state index contributed by atoms with van der Waals surface area (Å²) in [5.74, 6) is 0.519. The van der Waals surface area contributed by atoms with Crippen LogP contribution in [-0.4, -0.2) is 28.8 Å². The highest BCUT2D eigenvalue weighted by Crippen LogP contribution is 2.02. The van der Waals surface area contributed by atoms with Crippen LogP contribution in [0.5, 0.6) is 0 Å². The predicted molar refractivity (Wildman–Crippen MR) is 67.4 cm³/mol. The highest BCUT2D eigenvalue weighted by atomic mass is 16.1. The summed E-state index contributed by atoms with van der Waals surface area (Å²) in [6.45, 7) is 3.36. The molecule has 1 unspecified atom stereocenters. The first-order chi connectivity index (χ1) is 8.13. The fourth-order valence-corrected chi connectivity index (χ4v) is 1.56. The Morgan fingerprint density at radius 2 is 2.41 bits per heavy atom. The highest BCUT2D eigenvalue weighted by molar-refractivity contribution is 5.75. The number of aromatic nitrogens is 2. The summed E-state index contributed by atoms with van der Waals surface area (Å²) >= 11 is 0. The summed E-state index contributed by atoms with van der Waals surface area (Å²) in [4.78, 5) is 11.5. The Balaban J connectivity index is 2.14. The molecule has 0 radical (unpaired) electrons. The van der Waals surface area contributed by atoms with Gasteiger partial charge in [-0.05, 0) is 24.9 Å². The topological polar surface area (TPSA) is 72.9 Å². The molecule has 1 atom stereocenters. The largest absolute Gasteiger partial charge is 0.356 e. The molecule has 0 aliphatic rings. The van der Waals surface area contributed by atoms with Crippen molar-refractivity contribution in [3.05, 3.63) is 18.0 Å². The molecular weight excluding hydrogens is 216 g/mol.